The first-order valence-electron chi connectivity index (χ1n) is 18.2. The number of para-hydroxylation sites is 4. The fraction of sp³-hybridized carbons (Fsp3) is 0. The van der Waals surface area contributed by atoms with Gasteiger partial charge in [-0.15, -0.1) is 0 Å². The number of anilines is 3. The second-order valence-corrected chi connectivity index (χ2v) is 14.3. The van der Waals surface area contributed by atoms with Crippen molar-refractivity contribution in [2.45, 2.75) is 0 Å². The summed E-state index contributed by atoms with van der Waals surface area (Å²) in [5.41, 5.74) is 11.4. The molecule has 0 atom stereocenters. The summed E-state index contributed by atoms with van der Waals surface area (Å²) >= 11 is 0. The van der Waals surface area contributed by atoms with Gasteiger partial charge in [0.25, 0.3) is 0 Å². The largest absolute Gasteiger partial charge is 0.308 e. The molecule has 0 aliphatic heterocycles. The molecular weight excluding hydrogens is 645 g/mol. The summed E-state index contributed by atoms with van der Waals surface area (Å²) in [6.07, 6.45) is 0. The van der Waals surface area contributed by atoms with Crippen molar-refractivity contribution in [3.63, 3.8) is 0 Å². The zero-order valence-electron chi connectivity index (χ0n) is 28.5. The minimum absolute atomic E-state index is 0.986. The van der Waals surface area contributed by atoms with Crippen LogP contribution in [-0.4, -0.2) is 13.8 Å². The number of aromatic nitrogens is 3. The molecule has 0 aliphatic rings. The Morgan fingerprint density at radius 1 is 0.358 bits per heavy atom. The Bertz CT molecular complexity index is 3580. The lowest BCUT2D eigenvalue weighted by Gasteiger charge is -2.28. The standard InChI is InChI=1S/C49H28N4/c1-3-15-31(16-4-1)51(32-17-5-2-6-18-32)47-34-20-10-8-14-30(34)27-40-36-22-11-23-37-41-28-42-43(50-49(41)53(45(36)37)48(40)47)39-24-12-21-35-38-26-25-29-13-7-9-19-33(29)44(38)52(42)46(35)39/h1-28H. The summed E-state index contributed by atoms with van der Waals surface area (Å²) in [5, 5.41) is 13.5. The van der Waals surface area contributed by atoms with Gasteiger partial charge in [-0.3, -0.25) is 4.40 Å². The van der Waals surface area contributed by atoms with E-state index < -0.39 is 0 Å². The van der Waals surface area contributed by atoms with Crippen LogP contribution in [0.2, 0.25) is 0 Å². The number of benzene rings is 8. The van der Waals surface area contributed by atoms with Crippen molar-refractivity contribution in [2.75, 3.05) is 4.90 Å². The van der Waals surface area contributed by atoms with Gasteiger partial charge >= 0.3 is 0 Å². The highest BCUT2D eigenvalue weighted by Crippen LogP contribution is 2.50. The van der Waals surface area contributed by atoms with Gasteiger partial charge in [-0.25, -0.2) is 4.98 Å². The number of fused-ring (bicyclic) bond motifs is 15. The zero-order valence-corrected chi connectivity index (χ0v) is 28.5. The van der Waals surface area contributed by atoms with Gasteiger partial charge in [0.2, 0.25) is 0 Å². The smallest absolute Gasteiger partial charge is 0.146 e. The molecule has 13 rings (SSSR count). The average molecular weight is 673 g/mol. The Morgan fingerprint density at radius 2 is 0.906 bits per heavy atom. The van der Waals surface area contributed by atoms with Crippen LogP contribution in [0.4, 0.5) is 17.1 Å². The van der Waals surface area contributed by atoms with Crippen LogP contribution in [0.1, 0.15) is 0 Å². The van der Waals surface area contributed by atoms with E-state index in [4.69, 9.17) is 4.98 Å². The van der Waals surface area contributed by atoms with Crippen LogP contribution in [0.3, 0.4) is 0 Å². The molecule has 0 aliphatic carbocycles. The lowest BCUT2D eigenvalue weighted by Crippen LogP contribution is -2.11. The van der Waals surface area contributed by atoms with Gasteiger partial charge in [0.05, 0.1) is 38.8 Å². The summed E-state index contributed by atoms with van der Waals surface area (Å²) in [6, 6.07) is 61.9. The van der Waals surface area contributed by atoms with Crippen LogP contribution in [0.15, 0.2) is 170 Å². The molecule has 13 aromatic rings. The van der Waals surface area contributed by atoms with E-state index in [2.05, 4.69) is 184 Å². The van der Waals surface area contributed by atoms with E-state index in [1.165, 1.54) is 75.8 Å². The minimum atomic E-state index is 0.986. The van der Waals surface area contributed by atoms with Crippen LogP contribution in [0.5, 0.6) is 0 Å². The third-order valence-electron chi connectivity index (χ3n) is 11.7. The van der Waals surface area contributed by atoms with E-state index in [0.717, 1.165) is 39.3 Å². The maximum absolute atomic E-state index is 5.74. The Labute approximate surface area is 302 Å². The Morgan fingerprint density at radius 3 is 1.66 bits per heavy atom. The highest BCUT2D eigenvalue weighted by Gasteiger charge is 2.27. The third kappa shape index (κ3) is 3.39. The molecule has 0 saturated carbocycles. The number of hydrogen-bond donors (Lipinski definition) is 0. The van der Waals surface area contributed by atoms with Crippen LogP contribution >= 0.6 is 0 Å². The summed E-state index contributed by atoms with van der Waals surface area (Å²) in [5.74, 6) is 0. The van der Waals surface area contributed by atoms with Crippen molar-refractivity contribution in [1.29, 1.82) is 0 Å². The van der Waals surface area contributed by atoms with Crippen molar-refractivity contribution in [3.8, 4) is 0 Å². The fourth-order valence-corrected chi connectivity index (χ4v) is 9.57. The van der Waals surface area contributed by atoms with Crippen LogP contribution in [0.25, 0.3) is 98.0 Å². The van der Waals surface area contributed by atoms with E-state index in [1.54, 1.807) is 0 Å². The third-order valence-corrected chi connectivity index (χ3v) is 11.7. The SMILES string of the molecule is c1ccc(N(c2ccccc2)c2c3ccccc3cc3c4cccc5c6cc7c(nc6n(c23)c54)c2cccc3c4ccc5ccccc5c4n7c32)cc1. The zero-order chi connectivity index (χ0) is 34.4. The molecule has 0 fully saturated rings. The van der Waals surface area contributed by atoms with Crippen molar-refractivity contribution in [1.82, 2.24) is 13.8 Å². The molecule has 0 unspecified atom stereocenters. The molecule has 8 aromatic carbocycles. The van der Waals surface area contributed by atoms with Crippen LogP contribution in [-0.2, 0) is 0 Å². The predicted molar refractivity (Wildman–Crippen MR) is 223 cm³/mol. The van der Waals surface area contributed by atoms with Crippen molar-refractivity contribution < 1.29 is 0 Å². The molecule has 4 heteroatoms. The molecule has 244 valence electrons. The van der Waals surface area contributed by atoms with Gasteiger partial charge in [0.1, 0.15) is 5.65 Å². The van der Waals surface area contributed by atoms with Gasteiger partial charge in [-0.1, -0.05) is 133 Å². The topological polar surface area (TPSA) is 25.0 Å². The molecule has 0 N–H and O–H groups in total. The van der Waals surface area contributed by atoms with E-state index in [1.807, 2.05) is 0 Å². The highest BCUT2D eigenvalue weighted by molar-refractivity contribution is 6.31. The first-order chi connectivity index (χ1) is 26.3. The van der Waals surface area contributed by atoms with Gasteiger partial charge in [0, 0.05) is 59.9 Å². The Balaban J connectivity index is 1.26. The maximum atomic E-state index is 5.74. The predicted octanol–water partition coefficient (Wildman–Crippen LogP) is 13.2. The maximum Gasteiger partial charge on any atom is 0.146 e. The summed E-state index contributed by atoms with van der Waals surface area (Å²) in [4.78, 5) is 8.18. The number of pyridine rings is 1. The second-order valence-electron chi connectivity index (χ2n) is 14.3. The lowest BCUT2D eigenvalue weighted by atomic mass is 10.0. The fourth-order valence-electron chi connectivity index (χ4n) is 9.57. The molecule has 4 nitrogen and oxygen atoms in total. The average Bonchev–Trinajstić information content (AvgIpc) is 3.94. The number of hydrogen-bond acceptors (Lipinski definition) is 2. The number of rotatable bonds is 3. The van der Waals surface area contributed by atoms with E-state index in [-0.39, 0.29) is 0 Å². The summed E-state index contributed by atoms with van der Waals surface area (Å²) in [7, 11) is 0. The second kappa shape index (κ2) is 9.78. The molecule has 53 heavy (non-hydrogen) atoms. The molecular formula is C49H28N4. The molecule has 0 bridgehead atoms. The highest BCUT2D eigenvalue weighted by atomic mass is 15.2. The summed E-state index contributed by atoms with van der Waals surface area (Å²) in [6.45, 7) is 0. The van der Waals surface area contributed by atoms with Gasteiger partial charge in [-0.2, -0.15) is 0 Å². The quantitative estimate of drug-likeness (QED) is 0.187. The molecule has 0 radical (unpaired) electrons. The molecule has 0 amide bonds. The van der Waals surface area contributed by atoms with Crippen molar-refractivity contribution in [3.05, 3.63) is 170 Å². The normalized spacial score (nSPS) is 12.5. The molecule has 5 heterocycles. The van der Waals surface area contributed by atoms with Crippen molar-refractivity contribution >= 4 is 115 Å². The van der Waals surface area contributed by atoms with Crippen LogP contribution < -0.4 is 4.90 Å². The monoisotopic (exact) mass is 672 g/mol. The van der Waals surface area contributed by atoms with Gasteiger partial charge in [-0.05, 0) is 47.2 Å². The summed E-state index contributed by atoms with van der Waals surface area (Å²) < 4.78 is 4.96. The molecule has 0 saturated heterocycles. The number of nitrogens with zero attached hydrogens (tertiary/aromatic N) is 4. The van der Waals surface area contributed by atoms with E-state index in [0.29, 0.717) is 0 Å². The first kappa shape index (κ1) is 27.5. The molecule has 0 spiro atoms. The Hall–Kier alpha value is -7.17. The Kier molecular flexibility index (Phi) is 5.08. The van der Waals surface area contributed by atoms with Crippen molar-refractivity contribution in [2.24, 2.45) is 0 Å². The van der Waals surface area contributed by atoms with E-state index in [9.17, 15) is 0 Å². The lowest BCUT2D eigenvalue weighted by molar-refractivity contribution is 1.26. The minimum Gasteiger partial charge on any atom is -0.308 e. The van der Waals surface area contributed by atoms with E-state index >= 15 is 0 Å². The van der Waals surface area contributed by atoms with Crippen LogP contribution in [0, 0.1) is 0 Å². The van der Waals surface area contributed by atoms with Gasteiger partial charge < -0.3 is 9.30 Å². The van der Waals surface area contributed by atoms with Gasteiger partial charge in [0.15, 0.2) is 0 Å². The molecule has 5 aromatic heterocycles. The first-order valence-corrected chi connectivity index (χ1v) is 18.2.